The van der Waals surface area contributed by atoms with E-state index in [0.717, 1.165) is 21.9 Å². The third kappa shape index (κ3) is 3.13. The van der Waals surface area contributed by atoms with E-state index in [1.54, 1.807) is 6.20 Å². The number of hydrogen-bond donors (Lipinski definition) is 1. The average Bonchev–Trinajstić information content (AvgIpc) is 3.06. The lowest BCUT2D eigenvalue weighted by Gasteiger charge is -2.44. The minimum atomic E-state index is 0.0418. The molecule has 4 nitrogen and oxygen atoms in total. The van der Waals surface area contributed by atoms with E-state index in [-0.39, 0.29) is 5.91 Å². The molecule has 3 saturated heterocycles. The molecule has 120 valence electrons. The summed E-state index contributed by atoms with van der Waals surface area (Å²) < 4.78 is 0. The minimum Gasteiger partial charge on any atom is -0.347 e. The van der Waals surface area contributed by atoms with Crippen LogP contribution in [-0.4, -0.2) is 41.5 Å². The van der Waals surface area contributed by atoms with Crippen molar-refractivity contribution in [3.05, 3.63) is 40.5 Å². The SMILES string of the molecule is O=C(N[C@H]1CN2CCC1CC2)c1ccc(-c2ccnc(Cl)c2)s1. The Bertz CT molecular complexity index is 724. The van der Waals surface area contributed by atoms with Gasteiger partial charge in [0.15, 0.2) is 0 Å². The van der Waals surface area contributed by atoms with Crippen LogP contribution in [-0.2, 0) is 0 Å². The van der Waals surface area contributed by atoms with Gasteiger partial charge in [-0.1, -0.05) is 11.6 Å². The second-order valence-electron chi connectivity index (χ2n) is 6.25. The number of piperidine rings is 3. The second-order valence-corrected chi connectivity index (χ2v) is 7.72. The number of nitrogens with zero attached hydrogens (tertiary/aromatic N) is 2. The average molecular weight is 348 g/mol. The molecular formula is C17H18ClN3OS. The quantitative estimate of drug-likeness (QED) is 0.866. The number of halogens is 1. The van der Waals surface area contributed by atoms with Gasteiger partial charge in [0.1, 0.15) is 5.15 Å². The molecule has 6 heteroatoms. The van der Waals surface area contributed by atoms with E-state index in [0.29, 0.717) is 17.1 Å². The van der Waals surface area contributed by atoms with Crippen LogP contribution in [0.3, 0.4) is 0 Å². The van der Waals surface area contributed by atoms with Crippen molar-refractivity contribution in [2.75, 3.05) is 19.6 Å². The predicted molar refractivity (Wildman–Crippen MR) is 93.0 cm³/mol. The topological polar surface area (TPSA) is 45.2 Å². The van der Waals surface area contributed by atoms with Crippen molar-refractivity contribution in [1.29, 1.82) is 0 Å². The Labute approximate surface area is 144 Å². The Kier molecular flexibility index (Phi) is 4.09. The normalized spacial score (nSPS) is 26.2. The Morgan fingerprint density at radius 1 is 1.30 bits per heavy atom. The molecule has 0 aromatic carbocycles. The number of carbonyl (C=O) groups excluding carboxylic acids is 1. The Hall–Kier alpha value is -1.43. The number of fused-ring (bicyclic) bond motifs is 3. The molecule has 5 rings (SSSR count). The van der Waals surface area contributed by atoms with Crippen LogP contribution in [0.15, 0.2) is 30.5 Å². The molecule has 1 amide bonds. The smallest absolute Gasteiger partial charge is 0.261 e. The van der Waals surface area contributed by atoms with Crippen molar-refractivity contribution >= 4 is 28.8 Å². The van der Waals surface area contributed by atoms with Gasteiger partial charge in [-0.2, -0.15) is 0 Å². The zero-order valence-corrected chi connectivity index (χ0v) is 14.2. The maximum Gasteiger partial charge on any atom is 0.261 e. The summed E-state index contributed by atoms with van der Waals surface area (Å²) in [7, 11) is 0. The molecule has 0 saturated carbocycles. The summed E-state index contributed by atoms with van der Waals surface area (Å²) in [5.74, 6) is 0.683. The molecule has 0 aliphatic carbocycles. The standard InChI is InChI=1S/C17H18ClN3OS/c18-16-9-12(3-6-19-16)14-1-2-15(23-14)17(22)20-13-10-21-7-4-11(13)5-8-21/h1-3,6,9,11,13H,4-5,7-8,10H2,(H,20,22)/t13-/m0/s1. The van der Waals surface area contributed by atoms with Gasteiger partial charge in [-0.25, -0.2) is 4.98 Å². The monoisotopic (exact) mass is 347 g/mol. The highest BCUT2D eigenvalue weighted by Gasteiger charge is 2.35. The highest BCUT2D eigenvalue weighted by Crippen LogP contribution is 2.30. The summed E-state index contributed by atoms with van der Waals surface area (Å²) in [6.07, 6.45) is 4.09. The molecule has 1 N–H and O–H groups in total. The van der Waals surface area contributed by atoms with Gasteiger partial charge >= 0.3 is 0 Å². The largest absolute Gasteiger partial charge is 0.347 e. The molecule has 23 heavy (non-hydrogen) atoms. The van der Waals surface area contributed by atoms with Gasteiger partial charge in [-0.05, 0) is 61.7 Å². The molecular weight excluding hydrogens is 330 g/mol. The van der Waals surface area contributed by atoms with Gasteiger partial charge in [-0.15, -0.1) is 11.3 Å². The summed E-state index contributed by atoms with van der Waals surface area (Å²) in [5, 5.41) is 3.70. The number of carbonyl (C=O) groups is 1. The van der Waals surface area contributed by atoms with Gasteiger partial charge in [0, 0.05) is 23.7 Å². The first-order valence-corrected chi connectivity index (χ1v) is 9.13. The third-order valence-corrected chi connectivity index (χ3v) is 6.15. The molecule has 0 unspecified atom stereocenters. The van der Waals surface area contributed by atoms with E-state index in [2.05, 4.69) is 15.2 Å². The zero-order valence-electron chi connectivity index (χ0n) is 12.7. The molecule has 5 heterocycles. The lowest BCUT2D eigenvalue weighted by molar-refractivity contribution is 0.0622. The maximum absolute atomic E-state index is 12.5. The lowest BCUT2D eigenvalue weighted by Crippen LogP contribution is -2.57. The molecule has 2 aromatic rings. The van der Waals surface area contributed by atoms with E-state index in [9.17, 15) is 4.79 Å². The van der Waals surface area contributed by atoms with Gasteiger partial charge < -0.3 is 10.2 Å². The first kappa shape index (κ1) is 15.1. The van der Waals surface area contributed by atoms with E-state index in [1.807, 2.05) is 24.3 Å². The summed E-state index contributed by atoms with van der Waals surface area (Å²) in [4.78, 5) is 20.8. The maximum atomic E-state index is 12.5. The molecule has 1 atom stereocenters. The molecule has 2 aromatic heterocycles. The van der Waals surface area contributed by atoms with Crippen LogP contribution in [0.5, 0.6) is 0 Å². The van der Waals surface area contributed by atoms with E-state index >= 15 is 0 Å². The van der Waals surface area contributed by atoms with Gasteiger partial charge in [0.2, 0.25) is 0 Å². The fraction of sp³-hybridized carbons (Fsp3) is 0.412. The fourth-order valence-electron chi connectivity index (χ4n) is 3.54. The number of pyridine rings is 1. The Morgan fingerprint density at radius 2 is 2.13 bits per heavy atom. The lowest BCUT2D eigenvalue weighted by atomic mass is 9.84. The van der Waals surface area contributed by atoms with Crippen molar-refractivity contribution in [3.8, 4) is 10.4 Å². The van der Waals surface area contributed by atoms with Crippen molar-refractivity contribution < 1.29 is 4.79 Å². The van der Waals surface area contributed by atoms with Crippen LogP contribution in [0.2, 0.25) is 5.15 Å². The van der Waals surface area contributed by atoms with Crippen molar-refractivity contribution in [2.45, 2.75) is 18.9 Å². The number of thiophene rings is 1. The van der Waals surface area contributed by atoms with Crippen molar-refractivity contribution in [3.63, 3.8) is 0 Å². The first-order chi connectivity index (χ1) is 11.2. The van der Waals surface area contributed by atoms with Crippen LogP contribution < -0.4 is 5.32 Å². The summed E-state index contributed by atoms with van der Waals surface area (Å²) in [5.41, 5.74) is 0.997. The predicted octanol–water partition coefficient (Wildman–Crippen LogP) is 3.29. The number of hydrogen-bond acceptors (Lipinski definition) is 4. The summed E-state index contributed by atoms with van der Waals surface area (Å²) in [6, 6.07) is 7.90. The van der Waals surface area contributed by atoms with Crippen LogP contribution in [0.4, 0.5) is 0 Å². The van der Waals surface area contributed by atoms with Gasteiger partial charge in [-0.3, -0.25) is 4.79 Å². The molecule has 3 aliphatic heterocycles. The van der Waals surface area contributed by atoms with E-state index < -0.39 is 0 Å². The Morgan fingerprint density at radius 3 is 2.83 bits per heavy atom. The van der Waals surface area contributed by atoms with Gasteiger partial charge in [0.05, 0.1) is 4.88 Å². The van der Waals surface area contributed by atoms with E-state index in [1.165, 1.54) is 37.3 Å². The van der Waals surface area contributed by atoms with Crippen LogP contribution in [0.25, 0.3) is 10.4 Å². The van der Waals surface area contributed by atoms with Crippen LogP contribution in [0.1, 0.15) is 22.5 Å². The highest BCUT2D eigenvalue weighted by atomic mass is 35.5. The number of aromatic nitrogens is 1. The number of amides is 1. The summed E-state index contributed by atoms with van der Waals surface area (Å²) >= 11 is 7.44. The third-order valence-electron chi connectivity index (χ3n) is 4.81. The molecule has 3 fully saturated rings. The zero-order chi connectivity index (χ0) is 15.8. The molecule has 3 aliphatic rings. The summed E-state index contributed by atoms with van der Waals surface area (Å²) in [6.45, 7) is 3.36. The minimum absolute atomic E-state index is 0.0418. The molecule has 2 bridgehead atoms. The van der Waals surface area contributed by atoms with E-state index in [4.69, 9.17) is 11.6 Å². The first-order valence-electron chi connectivity index (χ1n) is 7.94. The van der Waals surface area contributed by atoms with Crippen LogP contribution in [0, 0.1) is 5.92 Å². The van der Waals surface area contributed by atoms with Crippen LogP contribution >= 0.6 is 22.9 Å². The fourth-order valence-corrected chi connectivity index (χ4v) is 4.62. The highest BCUT2D eigenvalue weighted by molar-refractivity contribution is 7.17. The van der Waals surface area contributed by atoms with Crippen molar-refractivity contribution in [1.82, 2.24) is 15.2 Å². The molecule has 0 spiro atoms. The van der Waals surface area contributed by atoms with Crippen molar-refractivity contribution in [2.24, 2.45) is 5.92 Å². The Balaban J connectivity index is 1.47. The second kappa shape index (κ2) is 6.23. The number of nitrogens with one attached hydrogen (secondary N) is 1. The van der Waals surface area contributed by atoms with Gasteiger partial charge in [0.25, 0.3) is 5.91 Å². The molecule has 0 radical (unpaired) electrons. The number of rotatable bonds is 3.